The highest BCUT2D eigenvalue weighted by Crippen LogP contribution is 2.29. The van der Waals surface area contributed by atoms with Crippen LogP contribution in [0.25, 0.3) is 0 Å². The molecule has 140 valence electrons. The molecule has 2 rings (SSSR count). The van der Waals surface area contributed by atoms with Crippen LogP contribution in [0.15, 0.2) is 36.4 Å². The van der Waals surface area contributed by atoms with Gasteiger partial charge < -0.3 is 4.79 Å². The molecule has 0 spiro atoms. The van der Waals surface area contributed by atoms with Gasteiger partial charge in [0.05, 0.1) is 0 Å². The third-order valence-electron chi connectivity index (χ3n) is 5.03. The molecule has 0 aromatic heterocycles. The van der Waals surface area contributed by atoms with E-state index in [1.54, 1.807) is 0 Å². The molecule has 1 atom stereocenters. The van der Waals surface area contributed by atoms with Crippen LogP contribution in [0, 0.1) is 25.5 Å². The van der Waals surface area contributed by atoms with Crippen molar-refractivity contribution in [1.82, 2.24) is 0 Å². The third-order valence-corrected chi connectivity index (χ3v) is 5.03. The molecule has 0 aliphatic heterocycles. The van der Waals surface area contributed by atoms with Gasteiger partial charge in [-0.2, -0.15) is 0 Å². The summed E-state index contributed by atoms with van der Waals surface area (Å²) in [6.45, 7) is 4.17. The van der Waals surface area contributed by atoms with Crippen LogP contribution >= 0.6 is 0 Å². The van der Waals surface area contributed by atoms with Crippen LogP contribution in [0.4, 0.5) is 8.78 Å². The van der Waals surface area contributed by atoms with Gasteiger partial charge in [0, 0.05) is 12.5 Å². The molecular formula is C23H28F2O. The number of hydrogen-bond donors (Lipinski definition) is 0. The average Bonchev–Trinajstić information content (AvgIpc) is 2.59. The Morgan fingerprint density at radius 2 is 1.58 bits per heavy atom. The van der Waals surface area contributed by atoms with E-state index in [0.717, 1.165) is 56.4 Å². The van der Waals surface area contributed by atoms with Crippen LogP contribution < -0.4 is 0 Å². The minimum absolute atomic E-state index is 0.0911. The Kier molecular flexibility index (Phi) is 7.96. The SMILES string of the molecule is Cc1ccc(CC(CCCCCCC=O)c2cc(F)cc(F)c2)cc1C. The molecule has 1 unspecified atom stereocenters. The fraction of sp³-hybridized carbons (Fsp3) is 0.435. The van der Waals surface area contributed by atoms with Crippen molar-refractivity contribution in [3.63, 3.8) is 0 Å². The molecule has 0 fully saturated rings. The van der Waals surface area contributed by atoms with Gasteiger partial charge in [0.1, 0.15) is 17.9 Å². The molecule has 26 heavy (non-hydrogen) atoms. The smallest absolute Gasteiger partial charge is 0.126 e. The maximum atomic E-state index is 13.7. The molecule has 2 aromatic carbocycles. The first kappa shape index (κ1) is 20.3. The van der Waals surface area contributed by atoms with E-state index in [1.165, 1.54) is 28.8 Å². The number of aryl methyl sites for hydroxylation is 2. The second kappa shape index (κ2) is 10.2. The van der Waals surface area contributed by atoms with Crippen LogP contribution in [0.1, 0.15) is 66.7 Å². The molecule has 0 saturated carbocycles. The van der Waals surface area contributed by atoms with Crippen molar-refractivity contribution in [3.05, 3.63) is 70.3 Å². The summed E-state index contributed by atoms with van der Waals surface area (Å²) in [4.78, 5) is 10.4. The largest absolute Gasteiger partial charge is 0.303 e. The number of hydrogen-bond acceptors (Lipinski definition) is 1. The highest BCUT2D eigenvalue weighted by Gasteiger charge is 2.15. The van der Waals surface area contributed by atoms with E-state index in [9.17, 15) is 13.6 Å². The summed E-state index contributed by atoms with van der Waals surface area (Å²) >= 11 is 0. The van der Waals surface area contributed by atoms with E-state index in [2.05, 4.69) is 32.0 Å². The highest BCUT2D eigenvalue weighted by molar-refractivity contribution is 5.48. The third kappa shape index (κ3) is 6.36. The van der Waals surface area contributed by atoms with Crippen molar-refractivity contribution in [2.45, 2.75) is 64.7 Å². The monoisotopic (exact) mass is 358 g/mol. The van der Waals surface area contributed by atoms with E-state index >= 15 is 0 Å². The molecule has 0 radical (unpaired) electrons. The van der Waals surface area contributed by atoms with Gasteiger partial charge in [-0.15, -0.1) is 0 Å². The fourth-order valence-electron chi connectivity index (χ4n) is 3.38. The summed E-state index contributed by atoms with van der Waals surface area (Å²) in [6, 6.07) is 10.2. The van der Waals surface area contributed by atoms with E-state index in [4.69, 9.17) is 0 Å². The highest BCUT2D eigenvalue weighted by atomic mass is 19.1. The van der Waals surface area contributed by atoms with E-state index in [0.29, 0.717) is 6.42 Å². The number of carbonyl (C=O) groups is 1. The van der Waals surface area contributed by atoms with Crippen LogP contribution in [0.3, 0.4) is 0 Å². The van der Waals surface area contributed by atoms with Gasteiger partial charge in [-0.25, -0.2) is 8.78 Å². The lowest BCUT2D eigenvalue weighted by Crippen LogP contribution is -2.05. The lowest BCUT2D eigenvalue weighted by Gasteiger charge is -2.19. The lowest BCUT2D eigenvalue weighted by atomic mass is 9.86. The zero-order chi connectivity index (χ0) is 18.9. The Bertz CT molecular complexity index is 704. The first-order chi connectivity index (χ1) is 12.5. The predicted octanol–water partition coefficient (Wildman–Crippen LogP) is 6.45. The summed E-state index contributed by atoms with van der Waals surface area (Å²) in [5.74, 6) is -0.944. The zero-order valence-corrected chi connectivity index (χ0v) is 15.7. The molecule has 0 saturated heterocycles. The quantitative estimate of drug-likeness (QED) is 0.352. The number of unbranched alkanes of at least 4 members (excludes halogenated alkanes) is 4. The Balaban J connectivity index is 2.09. The number of carbonyl (C=O) groups excluding carboxylic acids is 1. The van der Waals surface area contributed by atoms with Crippen molar-refractivity contribution in [2.24, 2.45) is 0 Å². The number of halogens is 2. The first-order valence-electron chi connectivity index (χ1n) is 9.45. The van der Waals surface area contributed by atoms with Crippen molar-refractivity contribution >= 4 is 6.29 Å². The second-order valence-electron chi connectivity index (χ2n) is 7.18. The average molecular weight is 358 g/mol. The lowest BCUT2D eigenvalue weighted by molar-refractivity contribution is -0.107. The standard InChI is InChI=1S/C23H28F2O/c1-17-9-10-19(12-18(17)2)13-20(8-6-4-3-5-7-11-26)21-14-22(24)16-23(25)15-21/h9-12,14-16,20H,3-8,13H2,1-2H3. The summed E-state index contributed by atoms with van der Waals surface area (Å²) < 4.78 is 27.4. The molecule has 0 amide bonds. The minimum atomic E-state index is -0.518. The molecule has 0 heterocycles. The summed E-state index contributed by atoms with van der Waals surface area (Å²) in [5, 5.41) is 0. The fourth-order valence-corrected chi connectivity index (χ4v) is 3.38. The topological polar surface area (TPSA) is 17.1 Å². The number of aldehydes is 1. The molecule has 3 heteroatoms. The van der Waals surface area contributed by atoms with Gasteiger partial charge in [0.15, 0.2) is 0 Å². The number of rotatable bonds is 10. The van der Waals surface area contributed by atoms with Gasteiger partial charge >= 0.3 is 0 Å². The van der Waals surface area contributed by atoms with Crippen molar-refractivity contribution < 1.29 is 13.6 Å². The van der Waals surface area contributed by atoms with Gasteiger partial charge in [-0.3, -0.25) is 0 Å². The minimum Gasteiger partial charge on any atom is -0.303 e. The Morgan fingerprint density at radius 3 is 2.23 bits per heavy atom. The molecule has 0 bridgehead atoms. The molecule has 2 aromatic rings. The molecule has 0 N–H and O–H groups in total. The summed E-state index contributed by atoms with van der Waals surface area (Å²) in [5.41, 5.74) is 4.41. The first-order valence-corrected chi connectivity index (χ1v) is 9.45. The van der Waals surface area contributed by atoms with E-state index in [-0.39, 0.29) is 5.92 Å². The van der Waals surface area contributed by atoms with E-state index < -0.39 is 11.6 Å². The predicted molar refractivity (Wildman–Crippen MR) is 102 cm³/mol. The van der Waals surface area contributed by atoms with Crippen molar-refractivity contribution in [3.8, 4) is 0 Å². The normalized spacial score (nSPS) is 12.2. The van der Waals surface area contributed by atoms with Crippen LogP contribution in [-0.2, 0) is 11.2 Å². The van der Waals surface area contributed by atoms with Crippen molar-refractivity contribution in [2.75, 3.05) is 0 Å². The van der Waals surface area contributed by atoms with E-state index in [1.807, 2.05) is 0 Å². The van der Waals surface area contributed by atoms with Crippen LogP contribution in [0.5, 0.6) is 0 Å². The summed E-state index contributed by atoms with van der Waals surface area (Å²) in [7, 11) is 0. The van der Waals surface area contributed by atoms with Gasteiger partial charge in [0.2, 0.25) is 0 Å². The van der Waals surface area contributed by atoms with Crippen molar-refractivity contribution in [1.29, 1.82) is 0 Å². The maximum absolute atomic E-state index is 13.7. The molecule has 0 aliphatic rings. The van der Waals surface area contributed by atoms with Gasteiger partial charge in [0.25, 0.3) is 0 Å². The summed E-state index contributed by atoms with van der Waals surface area (Å²) in [6.07, 6.45) is 7.20. The molecule has 1 nitrogen and oxygen atoms in total. The Morgan fingerprint density at radius 1 is 0.885 bits per heavy atom. The van der Waals surface area contributed by atoms with Gasteiger partial charge in [-0.05, 0) is 73.4 Å². The Hall–Kier alpha value is -2.03. The van der Waals surface area contributed by atoms with Crippen LogP contribution in [-0.4, -0.2) is 6.29 Å². The Labute approximate surface area is 155 Å². The van der Waals surface area contributed by atoms with Crippen LogP contribution in [0.2, 0.25) is 0 Å². The second-order valence-corrected chi connectivity index (χ2v) is 7.18. The zero-order valence-electron chi connectivity index (χ0n) is 15.7. The van der Waals surface area contributed by atoms with Gasteiger partial charge in [-0.1, -0.05) is 37.5 Å². The maximum Gasteiger partial charge on any atom is 0.126 e. The molecular weight excluding hydrogens is 330 g/mol. The molecule has 0 aliphatic carbocycles. The number of benzene rings is 2.